The Morgan fingerprint density at radius 1 is 1.29 bits per heavy atom. The lowest BCUT2D eigenvalue weighted by Crippen LogP contribution is -2.52. The summed E-state index contributed by atoms with van der Waals surface area (Å²) in [4.78, 5) is 13.4. The summed E-state index contributed by atoms with van der Waals surface area (Å²) in [5.74, 6) is 1.60. The van der Waals surface area contributed by atoms with Crippen molar-refractivity contribution in [3.63, 3.8) is 0 Å². The minimum Gasteiger partial charge on any atom is -0.477 e. The fourth-order valence-electron chi connectivity index (χ4n) is 3.06. The van der Waals surface area contributed by atoms with Crippen LogP contribution >= 0.6 is 24.0 Å². The van der Waals surface area contributed by atoms with E-state index >= 15 is 0 Å². The molecule has 1 aliphatic heterocycles. The van der Waals surface area contributed by atoms with E-state index in [0.29, 0.717) is 19.0 Å². The highest BCUT2D eigenvalue weighted by Gasteiger charge is 2.20. The number of aliphatic imine (C=N–C) groups is 1. The minimum atomic E-state index is 0. The van der Waals surface area contributed by atoms with E-state index in [-0.39, 0.29) is 24.0 Å². The Morgan fingerprint density at radius 3 is 2.79 bits per heavy atom. The topological polar surface area (TPSA) is 79.0 Å². The van der Waals surface area contributed by atoms with Crippen molar-refractivity contribution in [1.29, 1.82) is 0 Å². The van der Waals surface area contributed by atoms with Gasteiger partial charge in [-0.1, -0.05) is 18.1 Å². The van der Waals surface area contributed by atoms with Gasteiger partial charge in [-0.15, -0.1) is 24.0 Å². The molecule has 0 amide bonds. The predicted molar refractivity (Wildman–Crippen MR) is 119 cm³/mol. The van der Waals surface area contributed by atoms with E-state index in [9.17, 15) is 0 Å². The number of guanidine groups is 1. The number of piperazine rings is 1. The smallest absolute Gasteiger partial charge is 0.218 e. The van der Waals surface area contributed by atoms with Crippen LogP contribution in [0.4, 0.5) is 0 Å². The Kier molecular flexibility index (Phi) is 9.48. The molecular formula is C19H29IN6O2. The summed E-state index contributed by atoms with van der Waals surface area (Å²) in [6.45, 7) is 7.99. The molecule has 3 rings (SSSR count). The van der Waals surface area contributed by atoms with Gasteiger partial charge in [-0.2, -0.15) is 0 Å². The molecule has 1 aliphatic rings. The van der Waals surface area contributed by atoms with Gasteiger partial charge in [0.15, 0.2) is 5.96 Å². The van der Waals surface area contributed by atoms with E-state index in [1.807, 2.05) is 25.2 Å². The molecule has 0 aromatic carbocycles. The van der Waals surface area contributed by atoms with Gasteiger partial charge >= 0.3 is 0 Å². The van der Waals surface area contributed by atoms with Crippen molar-refractivity contribution in [3.05, 3.63) is 41.9 Å². The van der Waals surface area contributed by atoms with Gasteiger partial charge in [0.1, 0.15) is 6.26 Å². The van der Waals surface area contributed by atoms with Crippen LogP contribution in [0.5, 0.6) is 5.88 Å². The van der Waals surface area contributed by atoms with Crippen LogP contribution in [0.3, 0.4) is 0 Å². The van der Waals surface area contributed by atoms with Gasteiger partial charge in [0.05, 0.1) is 12.3 Å². The SMILES string of the molecule is CCCOc1ncccc1CNC(=NC)N1CCN(Cc2ccon2)CC1.I. The van der Waals surface area contributed by atoms with Crippen molar-refractivity contribution in [3.8, 4) is 5.88 Å². The van der Waals surface area contributed by atoms with Gasteiger partial charge in [0.2, 0.25) is 5.88 Å². The van der Waals surface area contributed by atoms with Gasteiger partial charge in [0.25, 0.3) is 0 Å². The van der Waals surface area contributed by atoms with E-state index in [1.54, 1.807) is 12.5 Å². The zero-order valence-electron chi connectivity index (χ0n) is 16.5. The summed E-state index contributed by atoms with van der Waals surface area (Å²) >= 11 is 0. The van der Waals surface area contributed by atoms with Crippen LogP contribution in [-0.2, 0) is 13.1 Å². The first kappa shape index (κ1) is 22.4. The van der Waals surface area contributed by atoms with Crippen molar-refractivity contribution < 1.29 is 9.26 Å². The van der Waals surface area contributed by atoms with E-state index < -0.39 is 0 Å². The Hall–Kier alpha value is -1.88. The number of nitrogens with one attached hydrogen (secondary N) is 1. The molecule has 1 fully saturated rings. The van der Waals surface area contributed by atoms with Crippen molar-refractivity contribution in [2.24, 2.45) is 4.99 Å². The summed E-state index contributed by atoms with van der Waals surface area (Å²) in [5.41, 5.74) is 2.01. The maximum absolute atomic E-state index is 5.74. The highest BCUT2D eigenvalue weighted by atomic mass is 127. The molecule has 1 N–H and O–H groups in total. The van der Waals surface area contributed by atoms with E-state index in [4.69, 9.17) is 9.26 Å². The second-order valence-corrected chi connectivity index (χ2v) is 6.47. The lowest BCUT2D eigenvalue weighted by atomic mass is 10.2. The largest absolute Gasteiger partial charge is 0.477 e. The standard InChI is InChI=1S/C19H28N6O2.HI/c1-3-12-26-18-16(5-4-7-21-18)14-22-19(20-2)25-10-8-24(9-11-25)15-17-6-13-27-23-17;/h4-7,13H,3,8-12,14-15H2,1-2H3,(H,20,22);1H. The summed E-state index contributed by atoms with van der Waals surface area (Å²) in [6.07, 6.45) is 4.34. The number of rotatable bonds is 7. The normalized spacial score (nSPS) is 15.2. The van der Waals surface area contributed by atoms with Gasteiger partial charge in [-0.3, -0.25) is 9.89 Å². The molecule has 0 spiro atoms. The molecule has 28 heavy (non-hydrogen) atoms. The van der Waals surface area contributed by atoms with E-state index in [1.165, 1.54) is 0 Å². The van der Waals surface area contributed by atoms with Crippen LogP contribution in [0.15, 0.2) is 40.2 Å². The molecule has 9 heteroatoms. The quantitative estimate of drug-likeness (QED) is 0.355. The van der Waals surface area contributed by atoms with Crippen LogP contribution in [0.25, 0.3) is 0 Å². The number of ether oxygens (including phenoxy) is 1. The minimum absolute atomic E-state index is 0. The number of hydrogen-bond acceptors (Lipinski definition) is 6. The van der Waals surface area contributed by atoms with Gasteiger partial charge in [-0.05, 0) is 12.5 Å². The van der Waals surface area contributed by atoms with Gasteiger partial charge in [0, 0.05) is 64.1 Å². The summed E-state index contributed by atoms with van der Waals surface area (Å²) in [5, 5.41) is 7.43. The molecule has 0 atom stereocenters. The molecule has 0 aliphatic carbocycles. The number of hydrogen-bond donors (Lipinski definition) is 1. The molecule has 2 aromatic rings. The van der Waals surface area contributed by atoms with Crippen LogP contribution in [0, 0.1) is 0 Å². The van der Waals surface area contributed by atoms with Crippen molar-refractivity contribution in [2.75, 3.05) is 39.8 Å². The second-order valence-electron chi connectivity index (χ2n) is 6.47. The molecule has 8 nitrogen and oxygen atoms in total. The van der Waals surface area contributed by atoms with Gasteiger partial charge < -0.3 is 19.5 Å². The molecule has 154 valence electrons. The van der Waals surface area contributed by atoms with Crippen LogP contribution < -0.4 is 10.1 Å². The first-order valence-electron chi connectivity index (χ1n) is 9.44. The molecule has 2 aromatic heterocycles. The van der Waals surface area contributed by atoms with Crippen LogP contribution in [-0.4, -0.2) is 65.7 Å². The number of nitrogens with zero attached hydrogens (tertiary/aromatic N) is 5. The molecule has 0 unspecified atom stereocenters. The highest BCUT2D eigenvalue weighted by molar-refractivity contribution is 14.0. The lowest BCUT2D eigenvalue weighted by Gasteiger charge is -2.36. The lowest BCUT2D eigenvalue weighted by molar-refractivity contribution is 0.169. The third-order valence-electron chi connectivity index (χ3n) is 4.49. The molecule has 3 heterocycles. The zero-order chi connectivity index (χ0) is 18.9. The zero-order valence-corrected chi connectivity index (χ0v) is 18.8. The summed E-state index contributed by atoms with van der Waals surface area (Å²) < 4.78 is 10.6. The third kappa shape index (κ3) is 6.33. The Bertz CT molecular complexity index is 717. The van der Waals surface area contributed by atoms with Crippen molar-refractivity contribution in [2.45, 2.75) is 26.4 Å². The third-order valence-corrected chi connectivity index (χ3v) is 4.49. The highest BCUT2D eigenvalue weighted by Crippen LogP contribution is 2.14. The summed E-state index contributed by atoms with van der Waals surface area (Å²) in [6, 6.07) is 5.88. The molecule has 0 bridgehead atoms. The van der Waals surface area contributed by atoms with E-state index in [2.05, 4.69) is 37.2 Å². The number of halogens is 1. The molecule has 0 saturated carbocycles. The summed E-state index contributed by atoms with van der Waals surface area (Å²) in [7, 11) is 1.82. The van der Waals surface area contributed by atoms with Crippen LogP contribution in [0.1, 0.15) is 24.6 Å². The van der Waals surface area contributed by atoms with Crippen molar-refractivity contribution >= 4 is 29.9 Å². The molecule has 0 radical (unpaired) electrons. The van der Waals surface area contributed by atoms with Crippen LogP contribution in [0.2, 0.25) is 0 Å². The Balaban J connectivity index is 0.00000280. The maximum Gasteiger partial charge on any atom is 0.218 e. The van der Waals surface area contributed by atoms with E-state index in [0.717, 1.165) is 56.4 Å². The fourth-order valence-corrected chi connectivity index (χ4v) is 3.06. The first-order valence-corrected chi connectivity index (χ1v) is 9.44. The molecular weight excluding hydrogens is 471 g/mol. The molecule has 1 saturated heterocycles. The average Bonchev–Trinajstić information content (AvgIpc) is 3.22. The Morgan fingerprint density at radius 2 is 2.11 bits per heavy atom. The monoisotopic (exact) mass is 500 g/mol. The predicted octanol–water partition coefficient (Wildman–Crippen LogP) is 2.37. The fraction of sp³-hybridized carbons (Fsp3) is 0.526. The number of aromatic nitrogens is 2. The maximum atomic E-state index is 5.74. The number of pyridine rings is 1. The second kappa shape index (κ2) is 11.8. The average molecular weight is 500 g/mol. The Labute approximate surface area is 183 Å². The van der Waals surface area contributed by atoms with Gasteiger partial charge in [-0.25, -0.2) is 4.98 Å². The van der Waals surface area contributed by atoms with Crippen molar-refractivity contribution in [1.82, 2.24) is 25.3 Å². The first-order chi connectivity index (χ1) is 13.3.